The molecule has 6 heteroatoms. The lowest BCUT2D eigenvalue weighted by molar-refractivity contribution is -0.0190. The van der Waals surface area contributed by atoms with E-state index in [2.05, 4.69) is 0 Å². The molecule has 0 fully saturated rings. The zero-order valence-electron chi connectivity index (χ0n) is 15.7. The average Bonchev–Trinajstić information content (AvgIpc) is 3.19. The number of benzene rings is 3. The summed E-state index contributed by atoms with van der Waals surface area (Å²) in [6.45, 7) is 0. The van der Waals surface area contributed by atoms with E-state index in [1.807, 2.05) is 71.7 Å². The van der Waals surface area contributed by atoms with Crippen molar-refractivity contribution in [1.29, 1.82) is 0 Å². The summed E-state index contributed by atoms with van der Waals surface area (Å²) in [5.41, 5.74) is 4.01. The van der Waals surface area contributed by atoms with Crippen LogP contribution in [0.3, 0.4) is 0 Å². The second kappa shape index (κ2) is 7.29. The predicted octanol–water partition coefficient (Wildman–Crippen LogP) is 6.24. The molecule has 3 aromatic rings. The van der Waals surface area contributed by atoms with Crippen molar-refractivity contribution >= 4 is 28.9 Å². The van der Waals surface area contributed by atoms with E-state index in [4.69, 9.17) is 37.8 Å². The van der Waals surface area contributed by atoms with Gasteiger partial charge in [0.1, 0.15) is 11.5 Å². The molecule has 0 saturated heterocycles. The van der Waals surface area contributed by atoms with E-state index in [1.165, 1.54) is 0 Å². The first-order valence-corrected chi connectivity index (χ1v) is 10.1. The van der Waals surface area contributed by atoms with E-state index in [0.717, 1.165) is 40.3 Å². The lowest BCUT2D eigenvalue weighted by atomic mass is 9.96. The van der Waals surface area contributed by atoms with Gasteiger partial charge in [-0.3, -0.25) is 0 Å². The molecule has 2 aliphatic heterocycles. The lowest BCUT2D eigenvalue weighted by Gasteiger charge is -2.38. The van der Waals surface area contributed by atoms with Gasteiger partial charge in [0.2, 0.25) is 6.23 Å². The summed E-state index contributed by atoms with van der Waals surface area (Å²) in [6.07, 6.45) is 0.386. The molecule has 29 heavy (non-hydrogen) atoms. The summed E-state index contributed by atoms with van der Waals surface area (Å²) in [4.78, 5) is 0. The highest BCUT2D eigenvalue weighted by Gasteiger charge is 2.41. The van der Waals surface area contributed by atoms with Crippen molar-refractivity contribution < 1.29 is 9.47 Å². The fourth-order valence-corrected chi connectivity index (χ4v) is 4.29. The molecule has 2 heterocycles. The first kappa shape index (κ1) is 18.3. The third kappa shape index (κ3) is 3.33. The van der Waals surface area contributed by atoms with Crippen molar-refractivity contribution in [3.05, 3.63) is 93.5 Å². The zero-order chi connectivity index (χ0) is 20.0. The number of methoxy groups -OCH3 is 1. The van der Waals surface area contributed by atoms with Gasteiger partial charge in [0, 0.05) is 33.2 Å². The van der Waals surface area contributed by atoms with Crippen LogP contribution in [0.2, 0.25) is 10.0 Å². The maximum absolute atomic E-state index is 6.35. The van der Waals surface area contributed by atoms with Crippen LogP contribution < -0.4 is 9.47 Å². The molecule has 0 amide bonds. The number of hydrogen-bond donors (Lipinski definition) is 0. The largest absolute Gasteiger partial charge is 0.497 e. The highest BCUT2D eigenvalue weighted by atomic mass is 35.5. The van der Waals surface area contributed by atoms with Crippen LogP contribution in [0, 0.1) is 0 Å². The number of nitrogens with zero attached hydrogens (tertiary/aromatic N) is 2. The molecule has 0 bridgehead atoms. The summed E-state index contributed by atoms with van der Waals surface area (Å²) < 4.78 is 11.7. The SMILES string of the molecule is COc1cccc(C2=NN3C(C2)c2cc(Cl)ccc2OC3c2cccc(Cl)c2)c1. The summed E-state index contributed by atoms with van der Waals surface area (Å²) >= 11 is 12.5. The van der Waals surface area contributed by atoms with Crippen LogP contribution in [0.4, 0.5) is 0 Å². The predicted molar refractivity (Wildman–Crippen MR) is 115 cm³/mol. The van der Waals surface area contributed by atoms with Crippen molar-refractivity contribution in [2.75, 3.05) is 7.11 Å². The van der Waals surface area contributed by atoms with Gasteiger partial charge >= 0.3 is 0 Å². The van der Waals surface area contributed by atoms with Crippen molar-refractivity contribution in [3.63, 3.8) is 0 Å². The molecular formula is C23H18Cl2N2O2. The number of hydrogen-bond acceptors (Lipinski definition) is 4. The molecule has 2 aliphatic rings. The lowest BCUT2D eigenvalue weighted by Crippen LogP contribution is -2.33. The van der Waals surface area contributed by atoms with Crippen molar-refractivity contribution in [2.45, 2.75) is 18.7 Å². The van der Waals surface area contributed by atoms with Gasteiger partial charge in [-0.15, -0.1) is 0 Å². The smallest absolute Gasteiger partial charge is 0.213 e. The highest BCUT2D eigenvalue weighted by molar-refractivity contribution is 6.31. The van der Waals surface area contributed by atoms with Gasteiger partial charge in [0.25, 0.3) is 0 Å². The number of fused-ring (bicyclic) bond motifs is 3. The standard InChI is InChI=1S/C23H18Cl2N2O2/c1-28-18-7-3-4-14(11-18)20-13-21-19-12-17(25)8-9-22(19)29-23(27(21)26-20)15-5-2-6-16(24)10-15/h2-12,21,23H,13H2,1H3. The Labute approximate surface area is 179 Å². The first-order valence-electron chi connectivity index (χ1n) is 9.34. The van der Waals surface area contributed by atoms with Crippen LogP contribution in [-0.4, -0.2) is 17.8 Å². The molecule has 0 spiro atoms. The van der Waals surface area contributed by atoms with E-state index in [9.17, 15) is 0 Å². The van der Waals surface area contributed by atoms with Gasteiger partial charge in [-0.05, 0) is 42.5 Å². The van der Waals surface area contributed by atoms with Crippen LogP contribution in [0.5, 0.6) is 11.5 Å². The van der Waals surface area contributed by atoms with Gasteiger partial charge in [0.15, 0.2) is 0 Å². The number of ether oxygens (including phenoxy) is 2. The Hall–Kier alpha value is -2.69. The Kier molecular flexibility index (Phi) is 4.61. The number of halogens is 2. The monoisotopic (exact) mass is 424 g/mol. The van der Waals surface area contributed by atoms with E-state index in [-0.39, 0.29) is 12.3 Å². The zero-order valence-corrected chi connectivity index (χ0v) is 17.2. The van der Waals surface area contributed by atoms with E-state index in [1.54, 1.807) is 7.11 Å². The quantitative estimate of drug-likeness (QED) is 0.498. The van der Waals surface area contributed by atoms with Crippen molar-refractivity contribution in [2.24, 2.45) is 5.10 Å². The Morgan fingerprint density at radius 3 is 2.66 bits per heavy atom. The fraction of sp³-hybridized carbons (Fsp3) is 0.174. The minimum absolute atomic E-state index is 0.0302. The molecule has 2 unspecified atom stereocenters. The first-order chi connectivity index (χ1) is 14.1. The Balaban J connectivity index is 1.60. The van der Waals surface area contributed by atoms with Crippen LogP contribution in [0.15, 0.2) is 71.8 Å². The highest BCUT2D eigenvalue weighted by Crippen LogP contribution is 2.48. The summed E-state index contributed by atoms with van der Waals surface area (Å²) in [6, 6.07) is 21.4. The normalized spacial score (nSPS) is 19.8. The Morgan fingerprint density at radius 2 is 1.83 bits per heavy atom. The maximum Gasteiger partial charge on any atom is 0.213 e. The summed E-state index contributed by atoms with van der Waals surface area (Å²) in [7, 11) is 1.67. The van der Waals surface area contributed by atoms with Crippen LogP contribution >= 0.6 is 23.2 Å². The Morgan fingerprint density at radius 1 is 1.00 bits per heavy atom. The van der Waals surface area contributed by atoms with Gasteiger partial charge < -0.3 is 9.47 Å². The average molecular weight is 425 g/mol. The van der Waals surface area contributed by atoms with Gasteiger partial charge in [-0.1, -0.05) is 47.5 Å². The number of rotatable bonds is 3. The molecule has 0 saturated carbocycles. The summed E-state index contributed by atoms with van der Waals surface area (Å²) in [5, 5.41) is 8.32. The van der Waals surface area contributed by atoms with Crippen molar-refractivity contribution in [3.8, 4) is 11.5 Å². The molecule has 0 radical (unpaired) electrons. The van der Waals surface area contributed by atoms with E-state index in [0.29, 0.717) is 10.0 Å². The molecule has 0 N–H and O–H groups in total. The topological polar surface area (TPSA) is 34.1 Å². The van der Waals surface area contributed by atoms with Crippen molar-refractivity contribution in [1.82, 2.24) is 5.01 Å². The molecule has 0 aromatic heterocycles. The molecule has 0 aliphatic carbocycles. The van der Waals surface area contributed by atoms with Crippen LogP contribution in [0.25, 0.3) is 0 Å². The maximum atomic E-state index is 6.35. The summed E-state index contributed by atoms with van der Waals surface area (Å²) in [5.74, 6) is 1.63. The fourth-order valence-electron chi connectivity index (χ4n) is 3.92. The minimum atomic E-state index is -0.365. The van der Waals surface area contributed by atoms with E-state index < -0.39 is 0 Å². The van der Waals surface area contributed by atoms with Crippen LogP contribution in [0.1, 0.15) is 35.4 Å². The second-order valence-electron chi connectivity index (χ2n) is 7.09. The third-order valence-electron chi connectivity index (χ3n) is 5.29. The molecular weight excluding hydrogens is 407 g/mol. The van der Waals surface area contributed by atoms with E-state index >= 15 is 0 Å². The second-order valence-corrected chi connectivity index (χ2v) is 7.96. The van der Waals surface area contributed by atoms with Gasteiger partial charge in [-0.2, -0.15) is 5.10 Å². The van der Waals surface area contributed by atoms with Gasteiger partial charge in [-0.25, -0.2) is 5.01 Å². The third-order valence-corrected chi connectivity index (χ3v) is 5.76. The minimum Gasteiger partial charge on any atom is -0.497 e. The number of hydrazone groups is 1. The molecule has 3 aromatic carbocycles. The van der Waals surface area contributed by atoms with Gasteiger partial charge in [0.05, 0.1) is 18.9 Å². The molecule has 146 valence electrons. The molecule has 5 rings (SSSR count). The van der Waals surface area contributed by atoms with Crippen LogP contribution in [-0.2, 0) is 0 Å². The molecule has 4 nitrogen and oxygen atoms in total. The molecule has 2 atom stereocenters. The Bertz CT molecular complexity index is 1120.